The van der Waals surface area contributed by atoms with Crippen molar-refractivity contribution in [3.63, 3.8) is 0 Å². The lowest BCUT2D eigenvalue weighted by Gasteiger charge is -2.22. The fourth-order valence-electron chi connectivity index (χ4n) is 2.16. The van der Waals surface area contributed by atoms with Crippen LogP contribution in [0.15, 0.2) is 15.1 Å². The van der Waals surface area contributed by atoms with Crippen LogP contribution in [0.3, 0.4) is 0 Å². The number of halogens is 2. The summed E-state index contributed by atoms with van der Waals surface area (Å²) in [6, 6.07) is 0. The molecule has 1 aromatic rings. The molecule has 0 bridgehead atoms. The summed E-state index contributed by atoms with van der Waals surface area (Å²) in [7, 11) is 0. The number of nitrogens with two attached hydrogens (primary N) is 1. The Morgan fingerprint density at radius 3 is 2.53 bits per heavy atom. The lowest BCUT2D eigenvalue weighted by atomic mass is 9.86. The molecule has 1 saturated carbocycles. The minimum Gasteiger partial charge on any atom is -0.397 e. The van der Waals surface area contributed by atoms with E-state index in [4.69, 9.17) is 5.73 Å². The Morgan fingerprint density at radius 1 is 1.20 bits per heavy atom. The van der Waals surface area contributed by atoms with E-state index in [-0.39, 0.29) is 0 Å². The molecule has 82 valence electrons. The van der Waals surface area contributed by atoms with E-state index in [1.807, 2.05) is 6.20 Å². The van der Waals surface area contributed by atoms with Crippen molar-refractivity contribution in [1.29, 1.82) is 0 Å². The summed E-state index contributed by atoms with van der Waals surface area (Å²) in [5.41, 5.74) is 7.86. The van der Waals surface area contributed by atoms with Crippen molar-refractivity contribution in [2.45, 2.75) is 38.0 Å². The molecule has 0 aliphatic heterocycles. The number of rotatable bonds is 1. The normalized spacial score (nSPS) is 18.0. The van der Waals surface area contributed by atoms with E-state index in [0.717, 1.165) is 20.3 Å². The summed E-state index contributed by atoms with van der Waals surface area (Å²) in [6.45, 7) is 0. The maximum atomic E-state index is 5.96. The fourth-order valence-corrected chi connectivity index (χ4v) is 3.36. The second-order valence-corrected chi connectivity index (χ2v) is 5.70. The van der Waals surface area contributed by atoms with Crippen molar-refractivity contribution < 1.29 is 0 Å². The molecule has 1 heterocycles. The van der Waals surface area contributed by atoms with E-state index in [1.54, 1.807) is 0 Å². The number of nitrogen functional groups attached to an aromatic ring is 1. The van der Waals surface area contributed by atoms with Gasteiger partial charge in [0.05, 0.1) is 20.3 Å². The number of hydrogen-bond acceptors (Lipinski definition) is 2. The van der Waals surface area contributed by atoms with Gasteiger partial charge in [-0.15, -0.1) is 0 Å². The van der Waals surface area contributed by atoms with E-state index < -0.39 is 0 Å². The zero-order valence-electron chi connectivity index (χ0n) is 8.47. The zero-order chi connectivity index (χ0) is 10.8. The molecule has 0 aromatic carbocycles. The standard InChI is InChI=1S/C11H14Br2N2/c12-8-6-15-11(9(13)10(8)14)7-4-2-1-3-5-7/h6-7H,1-5H2,(H2,14,15). The average Bonchev–Trinajstić information content (AvgIpc) is 2.27. The van der Waals surface area contributed by atoms with Crippen LogP contribution in [0.2, 0.25) is 0 Å². The van der Waals surface area contributed by atoms with Gasteiger partial charge in [-0.05, 0) is 44.7 Å². The monoisotopic (exact) mass is 332 g/mol. The number of aromatic nitrogens is 1. The van der Waals surface area contributed by atoms with E-state index in [9.17, 15) is 0 Å². The van der Waals surface area contributed by atoms with Crippen LogP contribution in [0.1, 0.15) is 43.7 Å². The minimum atomic E-state index is 0.587. The van der Waals surface area contributed by atoms with Gasteiger partial charge in [0.15, 0.2) is 0 Å². The summed E-state index contributed by atoms with van der Waals surface area (Å²) in [4.78, 5) is 4.49. The summed E-state index contributed by atoms with van der Waals surface area (Å²) in [5.74, 6) is 0.587. The van der Waals surface area contributed by atoms with Gasteiger partial charge >= 0.3 is 0 Å². The molecule has 0 spiro atoms. The quantitative estimate of drug-likeness (QED) is 0.835. The van der Waals surface area contributed by atoms with Gasteiger partial charge in [-0.3, -0.25) is 4.98 Å². The summed E-state index contributed by atoms with van der Waals surface area (Å²) in [5, 5.41) is 0. The number of anilines is 1. The van der Waals surface area contributed by atoms with Crippen LogP contribution < -0.4 is 5.73 Å². The lowest BCUT2D eigenvalue weighted by molar-refractivity contribution is 0.435. The first-order chi connectivity index (χ1) is 7.20. The van der Waals surface area contributed by atoms with Crippen molar-refractivity contribution in [2.75, 3.05) is 5.73 Å². The number of nitrogens with zero attached hydrogens (tertiary/aromatic N) is 1. The molecular weight excluding hydrogens is 320 g/mol. The molecule has 2 N–H and O–H groups in total. The van der Waals surface area contributed by atoms with Crippen LogP contribution in [0.5, 0.6) is 0 Å². The van der Waals surface area contributed by atoms with E-state index >= 15 is 0 Å². The van der Waals surface area contributed by atoms with Gasteiger partial charge in [-0.1, -0.05) is 19.3 Å². The Bertz CT molecular complexity index is 360. The van der Waals surface area contributed by atoms with Crippen LogP contribution >= 0.6 is 31.9 Å². The third-order valence-corrected chi connectivity index (χ3v) is 4.49. The molecule has 4 heteroatoms. The van der Waals surface area contributed by atoms with Gasteiger partial charge in [-0.2, -0.15) is 0 Å². The van der Waals surface area contributed by atoms with Crippen LogP contribution in [-0.2, 0) is 0 Å². The van der Waals surface area contributed by atoms with E-state index in [2.05, 4.69) is 36.8 Å². The van der Waals surface area contributed by atoms with Crippen molar-refractivity contribution in [2.24, 2.45) is 0 Å². The third-order valence-electron chi connectivity index (χ3n) is 3.03. The molecule has 1 aliphatic carbocycles. The predicted octanol–water partition coefficient (Wildman–Crippen LogP) is 4.24. The molecule has 1 aliphatic rings. The highest BCUT2D eigenvalue weighted by molar-refractivity contribution is 9.11. The Balaban J connectivity index is 2.31. The molecule has 0 unspecified atom stereocenters. The van der Waals surface area contributed by atoms with Crippen molar-refractivity contribution in [3.05, 3.63) is 20.8 Å². The van der Waals surface area contributed by atoms with Gasteiger partial charge in [0.1, 0.15) is 0 Å². The molecule has 2 rings (SSSR count). The second kappa shape index (κ2) is 4.83. The Hall–Kier alpha value is -0.0900. The maximum Gasteiger partial charge on any atom is 0.0637 e. The molecule has 2 nitrogen and oxygen atoms in total. The second-order valence-electron chi connectivity index (χ2n) is 4.05. The van der Waals surface area contributed by atoms with Gasteiger partial charge < -0.3 is 5.73 Å². The predicted molar refractivity (Wildman–Crippen MR) is 69.9 cm³/mol. The highest BCUT2D eigenvalue weighted by atomic mass is 79.9. The molecule has 1 fully saturated rings. The maximum absolute atomic E-state index is 5.96. The van der Waals surface area contributed by atoms with Crippen molar-refractivity contribution >= 4 is 37.5 Å². The van der Waals surface area contributed by atoms with Crippen LogP contribution in [-0.4, -0.2) is 4.98 Å². The molecule has 1 aromatic heterocycles. The zero-order valence-corrected chi connectivity index (χ0v) is 11.6. The first-order valence-corrected chi connectivity index (χ1v) is 6.88. The molecule has 0 saturated heterocycles. The SMILES string of the molecule is Nc1c(Br)cnc(C2CCCCC2)c1Br. The molecule has 0 amide bonds. The largest absolute Gasteiger partial charge is 0.397 e. The highest BCUT2D eigenvalue weighted by Crippen LogP contribution is 2.39. The highest BCUT2D eigenvalue weighted by Gasteiger charge is 2.20. The third kappa shape index (κ3) is 2.36. The smallest absolute Gasteiger partial charge is 0.0637 e. The van der Waals surface area contributed by atoms with Crippen LogP contribution in [0.4, 0.5) is 5.69 Å². The Kier molecular flexibility index (Phi) is 3.67. The van der Waals surface area contributed by atoms with Crippen LogP contribution in [0.25, 0.3) is 0 Å². The van der Waals surface area contributed by atoms with Gasteiger partial charge in [-0.25, -0.2) is 0 Å². The molecule has 15 heavy (non-hydrogen) atoms. The van der Waals surface area contributed by atoms with Gasteiger partial charge in [0, 0.05) is 12.1 Å². The first-order valence-electron chi connectivity index (χ1n) is 5.29. The van der Waals surface area contributed by atoms with Crippen LogP contribution in [0, 0.1) is 0 Å². The number of hydrogen-bond donors (Lipinski definition) is 1. The van der Waals surface area contributed by atoms with E-state index in [1.165, 1.54) is 32.1 Å². The van der Waals surface area contributed by atoms with Gasteiger partial charge in [0.2, 0.25) is 0 Å². The molecule has 0 radical (unpaired) electrons. The van der Waals surface area contributed by atoms with E-state index in [0.29, 0.717) is 5.92 Å². The Morgan fingerprint density at radius 2 is 1.87 bits per heavy atom. The Labute approximate surface area is 107 Å². The average molecular weight is 334 g/mol. The summed E-state index contributed by atoms with van der Waals surface area (Å²) >= 11 is 6.94. The first kappa shape index (κ1) is 11.4. The molecular formula is C11H14Br2N2. The fraction of sp³-hybridized carbons (Fsp3) is 0.545. The summed E-state index contributed by atoms with van der Waals surface area (Å²) in [6.07, 6.45) is 8.28. The van der Waals surface area contributed by atoms with Crippen molar-refractivity contribution in [1.82, 2.24) is 4.98 Å². The minimum absolute atomic E-state index is 0.587. The summed E-state index contributed by atoms with van der Waals surface area (Å²) < 4.78 is 1.85. The molecule has 0 atom stereocenters. The lowest BCUT2D eigenvalue weighted by Crippen LogP contribution is -2.08. The number of pyridine rings is 1. The van der Waals surface area contributed by atoms with Crippen molar-refractivity contribution in [3.8, 4) is 0 Å². The van der Waals surface area contributed by atoms with Gasteiger partial charge in [0.25, 0.3) is 0 Å². The topological polar surface area (TPSA) is 38.9 Å².